The number of anilines is 3. The van der Waals surface area contributed by atoms with Crippen molar-refractivity contribution in [3.05, 3.63) is 246 Å². The third kappa shape index (κ3) is 21.1. The maximum absolute atomic E-state index is 12.3. The Balaban J connectivity index is 0.000000142. The summed E-state index contributed by atoms with van der Waals surface area (Å²) in [5.41, 5.74) is 29.6. The number of hydrogen-bond acceptors (Lipinski definition) is 18. The van der Waals surface area contributed by atoms with Gasteiger partial charge in [-0.25, -0.2) is 0 Å². The number of rotatable bonds is 10. The van der Waals surface area contributed by atoms with Gasteiger partial charge in [0.1, 0.15) is 4.88 Å². The van der Waals surface area contributed by atoms with Gasteiger partial charge in [-0.15, -0.1) is 51.9 Å². The number of nitrogens with two attached hydrogens (primary N) is 2. The van der Waals surface area contributed by atoms with Crippen LogP contribution >= 0.6 is 56.9 Å². The molecule has 1 aliphatic rings. The molecule has 113 heavy (non-hydrogen) atoms. The lowest BCUT2D eigenvalue weighted by atomic mass is 10.1. The summed E-state index contributed by atoms with van der Waals surface area (Å²) in [4.78, 5) is 44.2. The van der Waals surface area contributed by atoms with Crippen molar-refractivity contribution in [1.82, 2.24) is 45.9 Å². The van der Waals surface area contributed by atoms with Gasteiger partial charge in [0.25, 0.3) is 5.91 Å². The molecule has 1 amide bonds. The number of halogens is 1. The number of nitrogens with one attached hydrogen (secondary N) is 6. The molecule has 11 heterocycles. The minimum atomic E-state index is 0.0110. The highest BCUT2D eigenvalue weighted by Gasteiger charge is 2.25. The Hall–Kier alpha value is -9.90. The molecule has 0 radical (unpaired) electrons. The van der Waals surface area contributed by atoms with E-state index >= 15 is 0 Å². The van der Waals surface area contributed by atoms with Crippen LogP contribution in [0.4, 0.5) is 17.1 Å². The first-order chi connectivity index (χ1) is 54.3. The van der Waals surface area contributed by atoms with Crippen molar-refractivity contribution in [3.63, 3.8) is 0 Å². The minimum Gasteiger partial charge on any atom is -0.382 e. The van der Waals surface area contributed by atoms with Crippen LogP contribution in [0.3, 0.4) is 0 Å². The van der Waals surface area contributed by atoms with Gasteiger partial charge in [-0.2, -0.15) is 0 Å². The average molecular weight is 1600 g/mol. The van der Waals surface area contributed by atoms with Crippen LogP contribution in [0.1, 0.15) is 111 Å². The Morgan fingerprint density at radius 3 is 1.31 bits per heavy atom. The number of aromatic nitrogens is 6. The van der Waals surface area contributed by atoms with Gasteiger partial charge in [0.15, 0.2) is 0 Å². The Labute approximate surface area is 686 Å². The molecule has 0 aliphatic carbocycles. The minimum absolute atomic E-state index is 0.0110. The molecule has 17 rings (SSSR count). The number of carbonyl (C=O) groups excluding carboxylic acids is 1. The van der Waals surface area contributed by atoms with Gasteiger partial charge in [-0.05, 0) is 233 Å². The first-order valence-electron chi connectivity index (χ1n) is 38.3. The lowest BCUT2D eigenvalue weighted by molar-refractivity contribution is 0.0949. The Bertz CT molecular complexity index is 6050. The summed E-state index contributed by atoms with van der Waals surface area (Å²) in [7, 11) is 3.89. The number of pyridine rings is 6. The normalized spacial score (nSPS) is 13.1. The van der Waals surface area contributed by atoms with E-state index in [1.165, 1.54) is 94.9 Å². The lowest BCUT2D eigenvalue weighted by Crippen LogP contribution is -2.34. The van der Waals surface area contributed by atoms with Gasteiger partial charge < -0.3 is 43.4 Å². The molecule has 4 atom stereocenters. The number of likely N-dealkylation sites (N-methyl/N-ethyl adjacent to an activating group) is 2. The zero-order valence-corrected chi connectivity index (χ0v) is 72.4. The molecule has 4 unspecified atom stereocenters. The number of carbonyl (C=O) groups is 1. The summed E-state index contributed by atoms with van der Waals surface area (Å²) in [6.07, 6.45) is 5.91. The van der Waals surface area contributed by atoms with E-state index in [-0.39, 0.29) is 18.0 Å². The zero-order chi connectivity index (χ0) is 81.3. The standard InChI is InChI=1S/C17H21N3S.C16H15N3OS.C16H19N3S.C13H10ClNS.C13H13N.C11H11N.C4H12N2.C3H6/c1-10-5-6-13-14(20-10)7-8-15-16(13)17(12(3)21-15)19-9-11(2)18-4;1-8-3-4-10-11(18-8)5-6-12-13(10)14-15(21-12)16(20)19-9(2)7-17-14;1-9(17)8-18-16-11(3)20-14-7-6-13-12(15(14)16)5-4-10(2)19-13;1-7-3-4-9-10(15-7)5-6-11-12(9)13(14)8(2)16-11;1-3-5-11-6-4-7-13-12(11)9-8-10(2)14-13;1-8-4-3-5-11-10(8)7-6-9(2)12-11;1-4(3-5)6-2;1-3-2/h5-8,11,18-19H,9H2,1-4H3;3-6,9,17H,7H2,1-2H3,(H,19,20);4-7,9,18H,8,17H2,1-3H3;3-6H,1-2H3;3-9H,1-2H3;3-7H,1-2H3;4,6H,3,5H2,1-2H3;3H,1H2,2H3/b;;;;5-3+;;;. The van der Waals surface area contributed by atoms with Crippen molar-refractivity contribution in [2.24, 2.45) is 11.5 Å². The van der Waals surface area contributed by atoms with Gasteiger partial charge in [0, 0.05) is 172 Å². The molecular weight excluding hydrogens is 1490 g/mol. The number of benzene rings is 6. The number of thiophene rings is 4. The van der Waals surface area contributed by atoms with Gasteiger partial charge in [0.05, 0.1) is 55.2 Å². The molecule has 0 spiro atoms. The largest absolute Gasteiger partial charge is 0.382 e. The number of hydrogen-bond donors (Lipinski definition) is 8. The van der Waals surface area contributed by atoms with Crippen LogP contribution in [0, 0.1) is 69.2 Å². The quantitative estimate of drug-likeness (QED) is 0.0598. The van der Waals surface area contributed by atoms with Crippen molar-refractivity contribution in [2.45, 2.75) is 135 Å². The van der Waals surface area contributed by atoms with E-state index in [4.69, 9.17) is 23.1 Å². The topological polar surface area (TPSA) is 219 Å². The van der Waals surface area contributed by atoms with Crippen LogP contribution in [-0.2, 0) is 0 Å². The molecule has 15 nitrogen and oxygen atoms in total. The molecule has 586 valence electrons. The van der Waals surface area contributed by atoms with Crippen LogP contribution in [0.2, 0.25) is 5.02 Å². The van der Waals surface area contributed by atoms with E-state index in [0.717, 1.165) is 135 Å². The lowest BCUT2D eigenvalue weighted by Gasteiger charge is -2.13. The van der Waals surface area contributed by atoms with E-state index in [0.29, 0.717) is 12.1 Å². The zero-order valence-electron chi connectivity index (χ0n) is 68.3. The van der Waals surface area contributed by atoms with Crippen molar-refractivity contribution in [3.8, 4) is 0 Å². The van der Waals surface area contributed by atoms with Gasteiger partial charge in [0.2, 0.25) is 0 Å². The second kappa shape index (κ2) is 39.7. The molecule has 20 heteroatoms. The number of allylic oxidation sites excluding steroid dienone is 2. The van der Waals surface area contributed by atoms with Gasteiger partial charge in [-0.1, -0.05) is 90.5 Å². The van der Waals surface area contributed by atoms with E-state index in [1.54, 1.807) is 17.4 Å². The first kappa shape index (κ1) is 85.5. The van der Waals surface area contributed by atoms with Crippen LogP contribution in [0.15, 0.2) is 176 Å². The number of amides is 1. The summed E-state index contributed by atoms with van der Waals surface area (Å²) in [6, 6.07) is 55.6. The third-order valence-electron chi connectivity index (χ3n) is 19.1. The second-order valence-electron chi connectivity index (χ2n) is 28.7. The van der Waals surface area contributed by atoms with Crippen LogP contribution in [0.25, 0.3) is 112 Å². The molecule has 10 aromatic heterocycles. The Morgan fingerprint density at radius 2 is 0.876 bits per heavy atom. The molecule has 0 saturated carbocycles. The monoisotopic (exact) mass is 1600 g/mol. The Kier molecular flexibility index (Phi) is 30.1. The van der Waals surface area contributed by atoms with E-state index < -0.39 is 0 Å². The second-order valence-corrected chi connectivity index (χ2v) is 33.9. The number of nitrogens with zero attached hydrogens (tertiary/aromatic N) is 6. The molecule has 16 aromatic rings. The van der Waals surface area contributed by atoms with Crippen molar-refractivity contribution in [1.29, 1.82) is 0 Å². The smallest absolute Gasteiger partial charge is 0.263 e. The predicted molar refractivity (Wildman–Crippen MR) is 497 cm³/mol. The van der Waals surface area contributed by atoms with Crippen LogP contribution in [-0.4, -0.2) is 100 Å². The molecule has 0 fully saturated rings. The van der Waals surface area contributed by atoms with Gasteiger partial charge >= 0.3 is 0 Å². The van der Waals surface area contributed by atoms with Crippen molar-refractivity contribution in [2.75, 3.05) is 56.2 Å². The van der Waals surface area contributed by atoms with Crippen molar-refractivity contribution < 1.29 is 4.79 Å². The van der Waals surface area contributed by atoms with Crippen LogP contribution < -0.4 is 43.4 Å². The SMILES string of the molecule is C/C=C/c1cccc2nc(C)ccc12.C=CC.CNC(C)CN.CNC(C)CNc1c(C)sc2ccc3nc(C)ccc3c12.Cc1ccc2c(C)cccc2n1.Cc1ccc2c(ccc3sc(C)c(Cl)c32)n1.Cc1ccc2c(ccc3sc(C)c(NCC(C)N)c32)n1.Cc1ccc2c(ccc3sc4c(c32)NCC(C)NC4=O)n1. The Morgan fingerprint density at radius 1 is 0.496 bits per heavy atom. The summed E-state index contributed by atoms with van der Waals surface area (Å²) < 4.78 is 4.98. The summed E-state index contributed by atoms with van der Waals surface area (Å²) in [5, 5.41) is 32.7. The molecule has 10 N–H and O–H groups in total. The summed E-state index contributed by atoms with van der Waals surface area (Å²) >= 11 is 13.3. The first-order valence-corrected chi connectivity index (χ1v) is 42.0. The third-order valence-corrected chi connectivity index (χ3v) is 24.1. The molecular formula is C93H107ClN14OS4. The summed E-state index contributed by atoms with van der Waals surface area (Å²) in [6.45, 7) is 39.3. The highest BCUT2D eigenvalue weighted by Crippen LogP contribution is 2.44. The van der Waals surface area contributed by atoms with E-state index in [1.807, 2.05) is 143 Å². The molecule has 6 aromatic carbocycles. The highest BCUT2D eigenvalue weighted by atomic mass is 35.5. The highest BCUT2D eigenvalue weighted by molar-refractivity contribution is 7.22. The molecule has 1 aliphatic heterocycles. The van der Waals surface area contributed by atoms with E-state index in [9.17, 15) is 4.79 Å². The predicted octanol–water partition coefficient (Wildman–Crippen LogP) is 23.1. The average Bonchev–Trinajstić information content (AvgIpc) is 1.61. The number of fused-ring (bicyclic) bond motifs is 16. The number of aryl methyl sites for hydroxylation is 10. The fourth-order valence-electron chi connectivity index (χ4n) is 13.0. The fraction of sp³-hybridized carbons (Fsp3) is 0.280. The maximum atomic E-state index is 12.3. The summed E-state index contributed by atoms with van der Waals surface area (Å²) in [5.74, 6) is 0.0110. The van der Waals surface area contributed by atoms with Crippen molar-refractivity contribution >= 4 is 192 Å². The van der Waals surface area contributed by atoms with Crippen LogP contribution in [0.5, 0.6) is 0 Å². The molecule has 0 saturated heterocycles. The molecule has 0 bridgehead atoms. The van der Waals surface area contributed by atoms with E-state index in [2.05, 4.69) is 243 Å². The maximum Gasteiger partial charge on any atom is 0.263 e. The van der Waals surface area contributed by atoms with Gasteiger partial charge in [-0.3, -0.25) is 34.7 Å². The fourth-order valence-corrected chi connectivity index (χ4v) is 17.6.